The van der Waals surface area contributed by atoms with Crippen molar-refractivity contribution in [3.8, 4) is 9.75 Å². The zero-order valence-electron chi connectivity index (χ0n) is 7.70. The third kappa shape index (κ3) is 1.05. The van der Waals surface area contributed by atoms with E-state index in [0.717, 1.165) is 0 Å². The summed E-state index contributed by atoms with van der Waals surface area (Å²) in [5, 5.41) is 11.0. The fourth-order valence-electron chi connectivity index (χ4n) is 1.79. The zero-order chi connectivity index (χ0) is 9.54. The first kappa shape index (κ1) is 8.47. The van der Waals surface area contributed by atoms with E-state index in [1.54, 1.807) is 11.3 Å². The molecule has 1 unspecified atom stereocenters. The van der Waals surface area contributed by atoms with Crippen molar-refractivity contribution in [2.45, 2.75) is 6.17 Å². The van der Waals surface area contributed by atoms with Gasteiger partial charge in [-0.3, -0.25) is 5.32 Å². The molecule has 3 rings (SSSR count). The maximum absolute atomic E-state index is 3.47. The van der Waals surface area contributed by atoms with E-state index in [9.17, 15) is 0 Å². The second-order valence-electron chi connectivity index (χ2n) is 3.23. The minimum atomic E-state index is 0.262. The molecule has 0 spiro atoms. The van der Waals surface area contributed by atoms with Crippen LogP contribution in [0.25, 0.3) is 9.75 Å². The summed E-state index contributed by atoms with van der Waals surface area (Å²) in [6.07, 6.45) is 0.262. The van der Waals surface area contributed by atoms with Gasteiger partial charge < -0.3 is 5.32 Å². The van der Waals surface area contributed by atoms with Crippen molar-refractivity contribution >= 4 is 28.4 Å². The van der Waals surface area contributed by atoms with Crippen molar-refractivity contribution in [2.75, 3.05) is 12.4 Å². The van der Waals surface area contributed by atoms with Crippen molar-refractivity contribution in [1.82, 2.24) is 5.32 Å². The average molecular weight is 222 g/mol. The van der Waals surface area contributed by atoms with Gasteiger partial charge in [-0.1, -0.05) is 0 Å². The highest BCUT2D eigenvalue weighted by molar-refractivity contribution is 7.21. The number of hydrogen-bond acceptors (Lipinski definition) is 4. The second-order valence-corrected chi connectivity index (χ2v) is 5.07. The van der Waals surface area contributed by atoms with Crippen LogP contribution in [0.5, 0.6) is 0 Å². The van der Waals surface area contributed by atoms with Gasteiger partial charge in [-0.2, -0.15) is 0 Å². The molecule has 0 saturated heterocycles. The van der Waals surface area contributed by atoms with E-state index < -0.39 is 0 Å². The van der Waals surface area contributed by atoms with E-state index in [1.165, 1.54) is 21.0 Å². The fraction of sp³-hybridized carbons (Fsp3) is 0.200. The summed E-state index contributed by atoms with van der Waals surface area (Å²) in [6.45, 7) is 0. The van der Waals surface area contributed by atoms with Crippen molar-refractivity contribution in [3.63, 3.8) is 0 Å². The molecule has 2 aromatic heterocycles. The summed E-state index contributed by atoms with van der Waals surface area (Å²) in [5.41, 5.74) is 2.62. The molecular weight excluding hydrogens is 212 g/mol. The minimum absolute atomic E-state index is 0.262. The first-order valence-corrected chi connectivity index (χ1v) is 6.25. The lowest BCUT2D eigenvalue weighted by Gasteiger charge is -2.24. The Bertz CT molecular complexity index is 458. The Labute approximate surface area is 90.6 Å². The summed E-state index contributed by atoms with van der Waals surface area (Å²) < 4.78 is 0. The van der Waals surface area contributed by atoms with Crippen LogP contribution in [0.15, 0.2) is 22.9 Å². The quantitative estimate of drug-likeness (QED) is 0.774. The number of rotatable bonds is 1. The monoisotopic (exact) mass is 222 g/mol. The molecule has 2 nitrogen and oxygen atoms in total. The molecule has 0 radical (unpaired) electrons. The van der Waals surface area contributed by atoms with Crippen LogP contribution in [0.1, 0.15) is 11.7 Å². The van der Waals surface area contributed by atoms with Gasteiger partial charge in [0.05, 0.1) is 15.4 Å². The van der Waals surface area contributed by atoms with E-state index in [-0.39, 0.29) is 6.17 Å². The first-order valence-electron chi connectivity index (χ1n) is 4.49. The number of nitrogens with one attached hydrogen (secondary N) is 2. The average Bonchev–Trinajstić information content (AvgIpc) is 2.83. The summed E-state index contributed by atoms with van der Waals surface area (Å²) in [5.74, 6) is 0. The van der Waals surface area contributed by atoms with Gasteiger partial charge in [0.15, 0.2) is 0 Å². The smallest absolute Gasteiger partial charge is 0.104 e. The molecule has 0 amide bonds. The molecule has 2 aromatic rings. The molecule has 0 aromatic carbocycles. The molecule has 14 heavy (non-hydrogen) atoms. The predicted molar refractivity (Wildman–Crippen MR) is 63.1 cm³/mol. The molecule has 1 atom stereocenters. The number of fused-ring (bicyclic) bond motifs is 3. The topological polar surface area (TPSA) is 24.1 Å². The Morgan fingerprint density at radius 2 is 2.00 bits per heavy atom. The van der Waals surface area contributed by atoms with Gasteiger partial charge in [0.1, 0.15) is 6.17 Å². The van der Waals surface area contributed by atoms with Gasteiger partial charge >= 0.3 is 0 Å². The first-order chi connectivity index (χ1) is 6.90. The summed E-state index contributed by atoms with van der Waals surface area (Å²) in [4.78, 5) is 2.79. The van der Waals surface area contributed by atoms with Crippen molar-refractivity contribution in [2.24, 2.45) is 0 Å². The molecule has 0 fully saturated rings. The van der Waals surface area contributed by atoms with E-state index in [4.69, 9.17) is 0 Å². The largest absolute Gasteiger partial charge is 0.365 e. The number of hydrogen-bond donors (Lipinski definition) is 2. The lowest BCUT2D eigenvalue weighted by Crippen LogP contribution is -2.26. The third-order valence-corrected chi connectivity index (χ3v) is 4.48. The maximum Gasteiger partial charge on any atom is 0.104 e. The van der Waals surface area contributed by atoms with Crippen LogP contribution in [0, 0.1) is 0 Å². The zero-order valence-corrected chi connectivity index (χ0v) is 9.34. The molecule has 3 heterocycles. The molecule has 0 saturated carbocycles. The third-order valence-electron chi connectivity index (χ3n) is 2.47. The van der Waals surface area contributed by atoms with Crippen molar-refractivity contribution in [1.29, 1.82) is 0 Å². The molecule has 2 N–H and O–H groups in total. The van der Waals surface area contributed by atoms with E-state index in [0.29, 0.717) is 0 Å². The maximum atomic E-state index is 3.47. The van der Waals surface area contributed by atoms with E-state index >= 15 is 0 Å². The van der Waals surface area contributed by atoms with Crippen molar-refractivity contribution in [3.05, 3.63) is 28.5 Å². The molecule has 1 aliphatic heterocycles. The highest BCUT2D eigenvalue weighted by atomic mass is 32.1. The molecule has 4 heteroatoms. The van der Waals surface area contributed by atoms with Crippen molar-refractivity contribution < 1.29 is 0 Å². The number of thiophene rings is 2. The van der Waals surface area contributed by atoms with Crippen LogP contribution in [0.4, 0.5) is 5.69 Å². The van der Waals surface area contributed by atoms with Crippen LogP contribution in [-0.4, -0.2) is 7.05 Å². The van der Waals surface area contributed by atoms with Crippen LogP contribution in [0.3, 0.4) is 0 Å². The molecular formula is C10H10N2S2. The summed E-state index contributed by atoms with van der Waals surface area (Å²) in [7, 11) is 1.98. The summed E-state index contributed by atoms with van der Waals surface area (Å²) in [6, 6.07) is 4.34. The molecule has 0 aliphatic carbocycles. The lowest BCUT2D eigenvalue weighted by molar-refractivity contribution is 0.667. The van der Waals surface area contributed by atoms with Gasteiger partial charge in [-0.15, -0.1) is 22.7 Å². The number of anilines is 1. The Hall–Kier alpha value is -0.840. The summed E-state index contributed by atoms with van der Waals surface area (Å²) >= 11 is 3.63. The minimum Gasteiger partial charge on any atom is -0.365 e. The second kappa shape index (κ2) is 3.08. The van der Waals surface area contributed by atoms with Crippen LogP contribution in [-0.2, 0) is 0 Å². The Kier molecular flexibility index (Phi) is 1.87. The SMILES string of the molecule is CNC1Nc2ccsc2-c2sccc21. The normalized spacial score (nSPS) is 18.5. The predicted octanol–water partition coefficient (Wildman–Crippen LogP) is 3.12. The Morgan fingerprint density at radius 3 is 2.86 bits per heavy atom. The highest BCUT2D eigenvalue weighted by Crippen LogP contribution is 2.45. The van der Waals surface area contributed by atoms with Crippen LogP contribution in [0.2, 0.25) is 0 Å². The van der Waals surface area contributed by atoms with Gasteiger partial charge in [0, 0.05) is 5.56 Å². The van der Waals surface area contributed by atoms with E-state index in [2.05, 4.69) is 33.5 Å². The van der Waals surface area contributed by atoms with Gasteiger partial charge in [0.25, 0.3) is 0 Å². The van der Waals surface area contributed by atoms with E-state index in [1.807, 2.05) is 18.4 Å². The molecule has 72 valence electrons. The van der Waals surface area contributed by atoms with Gasteiger partial charge in [-0.25, -0.2) is 0 Å². The molecule has 1 aliphatic rings. The van der Waals surface area contributed by atoms with Gasteiger partial charge in [-0.05, 0) is 29.9 Å². The Balaban J connectivity index is 2.22. The van der Waals surface area contributed by atoms with Crippen LogP contribution >= 0.6 is 22.7 Å². The fourth-order valence-corrected chi connectivity index (χ4v) is 3.79. The standard InChI is InChI=1S/C10H10N2S2/c1-11-10-6-2-4-13-8(6)9-7(12-10)3-5-14-9/h2-5,10-12H,1H3. The van der Waals surface area contributed by atoms with Gasteiger partial charge in [0.2, 0.25) is 0 Å². The lowest BCUT2D eigenvalue weighted by atomic mass is 10.1. The Morgan fingerprint density at radius 1 is 1.21 bits per heavy atom. The van der Waals surface area contributed by atoms with Crippen LogP contribution < -0.4 is 10.6 Å². The molecule has 0 bridgehead atoms. The highest BCUT2D eigenvalue weighted by Gasteiger charge is 2.24.